The maximum atomic E-state index is 10.8. The van der Waals surface area contributed by atoms with Crippen LogP contribution < -0.4 is 0 Å². The van der Waals surface area contributed by atoms with Crippen LogP contribution in [0.3, 0.4) is 0 Å². The van der Waals surface area contributed by atoms with Gasteiger partial charge in [-0.2, -0.15) is 0 Å². The number of aliphatic carboxylic acids is 2. The molecule has 1 heterocycles. The van der Waals surface area contributed by atoms with Crippen molar-refractivity contribution >= 4 is 11.9 Å². The highest BCUT2D eigenvalue weighted by Crippen LogP contribution is 2.26. The van der Waals surface area contributed by atoms with Crippen molar-refractivity contribution in [1.29, 1.82) is 0 Å². The molecule has 0 amide bonds. The Kier molecular flexibility index (Phi) is 8.69. The van der Waals surface area contributed by atoms with Crippen LogP contribution in [0.5, 0.6) is 0 Å². The fourth-order valence-electron chi connectivity index (χ4n) is 2.64. The van der Waals surface area contributed by atoms with E-state index in [1.165, 1.54) is 5.56 Å². The molecule has 1 aromatic carbocycles. The van der Waals surface area contributed by atoms with Crippen LogP contribution in [-0.4, -0.2) is 78.1 Å². The van der Waals surface area contributed by atoms with Crippen molar-refractivity contribution in [3.05, 3.63) is 35.4 Å². The molecule has 1 aliphatic heterocycles. The maximum absolute atomic E-state index is 10.8. The molecule has 5 atom stereocenters. The minimum absolute atomic E-state index is 0.418. The largest absolute Gasteiger partial charge is 0.481 e. The van der Waals surface area contributed by atoms with Gasteiger partial charge < -0.3 is 40.5 Å². The van der Waals surface area contributed by atoms with Crippen LogP contribution in [-0.2, 0) is 20.7 Å². The quantitative estimate of drug-likeness (QED) is 0.302. The van der Waals surface area contributed by atoms with E-state index in [0.29, 0.717) is 5.92 Å². The number of aliphatic hydroxyl groups is 5. The van der Waals surface area contributed by atoms with E-state index in [-0.39, 0.29) is 0 Å². The molecule has 7 N–H and O–H groups in total. The Balaban J connectivity index is 0.000000291. The van der Waals surface area contributed by atoms with Crippen molar-refractivity contribution < 1.29 is 50.1 Å². The van der Waals surface area contributed by atoms with E-state index in [4.69, 9.17) is 35.7 Å². The molecule has 1 saturated heterocycles. The van der Waals surface area contributed by atoms with Crippen molar-refractivity contribution in [1.82, 2.24) is 0 Å². The molecule has 1 aliphatic rings. The summed E-state index contributed by atoms with van der Waals surface area (Å²) in [5.74, 6) is -5.28. The lowest BCUT2D eigenvalue weighted by molar-refractivity contribution is -0.390. The number of rotatable bonds is 5. The number of carbonyl (C=O) groups is 2. The third kappa shape index (κ3) is 6.46. The van der Waals surface area contributed by atoms with Gasteiger partial charge in [-0.05, 0) is 30.4 Å². The summed E-state index contributed by atoms with van der Waals surface area (Å²) in [6.07, 6.45) is -7.44. The molecule has 0 bridgehead atoms. The molecule has 164 valence electrons. The second kappa shape index (κ2) is 10.1. The summed E-state index contributed by atoms with van der Waals surface area (Å²) in [4.78, 5) is 21.2. The molecule has 2 rings (SSSR count). The van der Waals surface area contributed by atoms with Gasteiger partial charge in [0.1, 0.15) is 12.2 Å². The first-order valence-electron chi connectivity index (χ1n) is 8.97. The molecule has 2 unspecified atom stereocenters. The predicted molar refractivity (Wildman–Crippen MR) is 98.7 cm³/mol. The second-order valence-electron chi connectivity index (χ2n) is 7.37. The Hall–Kier alpha value is -2.08. The van der Waals surface area contributed by atoms with E-state index in [0.717, 1.165) is 12.0 Å². The van der Waals surface area contributed by atoms with Crippen molar-refractivity contribution in [2.45, 2.75) is 63.5 Å². The average molecular weight is 416 g/mol. The van der Waals surface area contributed by atoms with Gasteiger partial charge in [0.15, 0.2) is 6.10 Å². The molecular weight excluding hydrogens is 388 g/mol. The molecular formula is C19H28O10. The number of carboxylic acid groups (broad SMARTS) is 2. The maximum Gasteiger partial charge on any atom is 0.335 e. The molecule has 10 nitrogen and oxygen atoms in total. The highest BCUT2D eigenvalue weighted by atomic mass is 16.7. The van der Waals surface area contributed by atoms with E-state index in [1.54, 1.807) is 6.92 Å². The third-order valence-electron chi connectivity index (χ3n) is 4.45. The average Bonchev–Trinajstić information content (AvgIpc) is 2.63. The van der Waals surface area contributed by atoms with Crippen LogP contribution in [0.2, 0.25) is 0 Å². The number of hydrogen-bond acceptors (Lipinski definition) is 8. The summed E-state index contributed by atoms with van der Waals surface area (Å²) in [6, 6.07) is 7.87. The monoisotopic (exact) mass is 416 g/mol. The van der Waals surface area contributed by atoms with Gasteiger partial charge in [0.05, 0.1) is 5.92 Å². The first-order valence-corrected chi connectivity index (χ1v) is 8.97. The summed E-state index contributed by atoms with van der Waals surface area (Å²) in [5.41, 5.74) is 2.14. The lowest BCUT2D eigenvalue weighted by atomic mass is 9.96. The minimum atomic E-state index is -3.09. The summed E-state index contributed by atoms with van der Waals surface area (Å²) < 4.78 is 4.19. The Labute approximate surface area is 167 Å². The van der Waals surface area contributed by atoms with E-state index < -0.39 is 48.2 Å². The van der Waals surface area contributed by atoms with Gasteiger partial charge in [-0.3, -0.25) is 4.79 Å². The Bertz CT molecular complexity index is 685. The number of hydrogen-bond donors (Lipinski definition) is 7. The molecule has 0 spiro atoms. The van der Waals surface area contributed by atoms with Crippen molar-refractivity contribution in [3.63, 3.8) is 0 Å². The van der Waals surface area contributed by atoms with Gasteiger partial charge in [-0.15, -0.1) is 0 Å². The molecule has 0 radical (unpaired) electrons. The Morgan fingerprint density at radius 3 is 1.97 bits per heavy atom. The van der Waals surface area contributed by atoms with Gasteiger partial charge >= 0.3 is 11.9 Å². The minimum Gasteiger partial charge on any atom is -0.481 e. The molecule has 29 heavy (non-hydrogen) atoms. The van der Waals surface area contributed by atoms with Gasteiger partial charge in [0, 0.05) is 0 Å². The van der Waals surface area contributed by atoms with Crippen LogP contribution in [0.15, 0.2) is 24.3 Å². The molecule has 1 fully saturated rings. The SMILES string of the molecule is CC(C)Cc1ccc(C(C)C(=O)O)cc1.O=C(O)[C@H]1OC(O)C(O)(O)[C@@H](O)[C@@H]1O. The van der Waals surface area contributed by atoms with Gasteiger partial charge in [-0.25, -0.2) is 4.79 Å². The van der Waals surface area contributed by atoms with Crippen LogP contribution >= 0.6 is 0 Å². The number of carboxylic acids is 2. The lowest BCUT2D eigenvalue weighted by Crippen LogP contribution is -2.67. The van der Waals surface area contributed by atoms with Crippen molar-refractivity contribution in [2.75, 3.05) is 0 Å². The van der Waals surface area contributed by atoms with Crippen LogP contribution in [0, 0.1) is 5.92 Å². The fraction of sp³-hybridized carbons (Fsp3) is 0.579. The second-order valence-corrected chi connectivity index (χ2v) is 7.37. The highest BCUT2D eigenvalue weighted by Gasteiger charge is 2.55. The summed E-state index contributed by atoms with van der Waals surface area (Å²) in [7, 11) is 0. The highest BCUT2D eigenvalue weighted by molar-refractivity contribution is 5.75. The van der Waals surface area contributed by atoms with E-state index in [9.17, 15) is 9.59 Å². The smallest absolute Gasteiger partial charge is 0.335 e. The van der Waals surface area contributed by atoms with E-state index in [1.807, 2.05) is 24.3 Å². The first kappa shape index (κ1) is 25.0. The number of aliphatic hydroxyl groups excluding tert-OH is 3. The summed E-state index contributed by atoms with van der Waals surface area (Å²) in [5, 5.41) is 62.2. The van der Waals surface area contributed by atoms with Crippen molar-refractivity contribution in [2.24, 2.45) is 5.92 Å². The van der Waals surface area contributed by atoms with Crippen molar-refractivity contribution in [3.8, 4) is 0 Å². The topological polar surface area (TPSA) is 185 Å². The van der Waals surface area contributed by atoms with Crippen LogP contribution in [0.25, 0.3) is 0 Å². The fourth-order valence-corrected chi connectivity index (χ4v) is 2.64. The molecule has 1 aromatic rings. The zero-order chi connectivity index (χ0) is 22.5. The van der Waals surface area contributed by atoms with Gasteiger partial charge in [0.25, 0.3) is 0 Å². The first-order chi connectivity index (χ1) is 13.3. The Morgan fingerprint density at radius 2 is 1.55 bits per heavy atom. The zero-order valence-corrected chi connectivity index (χ0v) is 16.3. The van der Waals surface area contributed by atoms with Gasteiger partial charge in [-0.1, -0.05) is 38.1 Å². The lowest BCUT2D eigenvalue weighted by Gasteiger charge is -2.41. The molecule has 10 heteroatoms. The third-order valence-corrected chi connectivity index (χ3v) is 4.45. The normalized spacial score (nSPS) is 26.9. The molecule has 0 saturated carbocycles. The number of benzene rings is 1. The van der Waals surface area contributed by atoms with Crippen LogP contribution in [0.4, 0.5) is 0 Å². The summed E-state index contributed by atoms with van der Waals surface area (Å²) >= 11 is 0. The molecule has 0 aromatic heterocycles. The summed E-state index contributed by atoms with van der Waals surface area (Å²) in [6.45, 7) is 6.06. The van der Waals surface area contributed by atoms with E-state index >= 15 is 0 Å². The molecule has 0 aliphatic carbocycles. The predicted octanol–water partition coefficient (Wildman–Crippen LogP) is -0.736. The number of ether oxygens (including phenoxy) is 1. The van der Waals surface area contributed by atoms with Gasteiger partial charge in [0.2, 0.25) is 12.1 Å². The van der Waals surface area contributed by atoms with E-state index in [2.05, 4.69) is 18.6 Å². The Morgan fingerprint density at radius 1 is 1.03 bits per heavy atom. The van der Waals surface area contributed by atoms with Crippen LogP contribution in [0.1, 0.15) is 37.8 Å². The zero-order valence-electron chi connectivity index (χ0n) is 16.3. The standard InChI is InChI=1S/C13H18O2.C6H10O8/c1-9(2)8-11-4-6-12(7-5-11)10(3)13(14)15;7-1-2(4(9)10)14-5(11)6(12,13)3(1)8/h4-7,9-10H,8H2,1-3H3,(H,14,15);1-3,5,7-8,11-13H,(H,9,10)/t;1-,2+,3+,5?/m.1/s1.